The summed E-state index contributed by atoms with van der Waals surface area (Å²) >= 11 is 0. The highest BCUT2D eigenvalue weighted by Crippen LogP contribution is 2.75. The minimum Gasteiger partial charge on any atom is -0.481 e. The Labute approximate surface area is 230 Å². The second-order valence-corrected chi connectivity index (χ2v) is 15.4. The Hall–Kier alpha value is -1.52. The van der Waals surface area contributed by atoms with Gasteiger partial charge in [-0.05, 0) is 111 Å². The molecule has 0 aromatic carbocycles. The number of alkyl carbamates (subject to hydrolysis) is 1. The average molecular weight is 528 g/mol. The van der Waals surface area contributed by atoms with Gasteiger partial charge in [0.2, 0.25) is 0 Å². The number of ether oxygens (including phenoxy) is 1. The lowest BCUT2D eigenvalue weighted by Crippen LogP contribution is -2.65. The van der Waals surface area contributed by atoms with Crippen molar-refractivity contribution < 1.29 is 19.4 Å². The van der Waals surface area contributed by atoms with Crippen molar-refractivity contribution in [3.63, 3.8) is 0 Å². The molecule has 3 unspecified atom stereocenters. The SMILES string of the molecule is CCNC(=O)O[C@@H]1CC[C@@]2(C)C(CC[C@]3(C)C2CC=C2C4[C@@H](C)[C@H](C)CC[C@]4(C(=O)O)CC[C@]23C)C1(C)C. The zero-order chi connectivity index (χ0) is 27.9. The third kappa shape index (κ3) is 3.54. The fraction of sp³-hybridized carbons (Fsp3) is 0.879. The number of carboxylic acid groups (broad SMARTS) is 1. The minimum absolute atomic E-state index is 0.0390. The zero-order valence-electron chi connectivity index (χ0n) is 25.3. The van der Waals surface area contributed by atoms with Gasteiger partial charge in [0.15, 0.2) is 0 Å². The van der Waals surface area contributed by atoms with E-state index in [-0.39, 0.29) is 39.8 Å². The van der Waals surface area contributed by atoms with E-state index in [9.17, 15) is 14.7 Å². The maximum atomic E-state index is 12.9. The highest BCUT2D eigenvalue weighted by Gasteiger charge is 2.69. The van der Waals surface area contributed by atoms with Crippen molar-refractivity contribution in [2.24, 2.45) is 56.7 Å². The molecule has 4 fully saturated rings. The largest absolute Gasteiger partial charge is 0.481 e. The lowest BCUT2D eigenvalue weighted by Gasteiger charge is -2.71. The lowest BCUT2D eigenvalue weighted by atomic mass is 9.33. The maximum absolute atomic E-state index is 12.9. The Morgan fingerprint density at radius 3 is 2.34 bits per heavy atom. The van der Waals surface area contributed by atoms with Gasteiger partial charge in [-0.25, -0.2) is 4.79 Å². The first-order valence-corrected chi connectivity index (χ1v) is 15.6. The van der Waals surface area contributed by atoms with Crippen LogP contribution in [-0.2, 0) is 9.53 Å². The quantitative estimate of drug-likeness (QED) is 0.367. The van der Waals surface area contributed by atoms with Gasteiger partial charge in [0.05, 0.1) is 5.41 Å². The Kier molecular flexibility index (Phi) is 6.63. The number of allylic oxidation sites excluding steroid dienone is 2. The fourth-order valence-electron chi connectivity index (χ4n) is 11.4. The van der Waals surface area contributed by atoms with Crippen LogP contribution in [0.1, 0.15) is 113 Å². The molecular weight excluding hydrogens is 474 g/mol. The van der Waals surface area contributed by atoms with Gasteiger partial charge in [0.1, 0.15) is 6.10 Å². The maximum Gasteiger partial charge on any atom is 0.407 e. The van der Waals surface area contributed by atoms with Crippen LogP contribution in [0.2, 0.25) is 0 Å². The molecule has 5 rings (SSSR count). The first-order valence-electron chi connectivity index (χ1n) is 15.6. The van der Waals surface area contributed by atoms with Gasteiger partial charge in [-0.15, -0.1) is 0 Å². The third-order valence-electron chi connectivity index (χ3n) is 13.9. The molecule has 2 N–H and O–H groups in total. The molecule has 4 saturated carbocycles. The molecule has 38 heavy (non-hydrogen) atoms. The molecule has 0 aromatic rings. The van der Waals surface area contributed by atoms with E-state index >= 15 is 0 Å². The van der Waals surface area contributed by atoms with Crippen LogP contribution < -0.4 is 5.32 Å². The summed E-state index contributed by atoms with van der Waals surface area (Å²) in [5.41, 5.74) is 1.20. The molecule has 0 spiro atoms. The molecule has 214 valence electrons. The summed E-state index contributed by atoms with van der Waals surface area (Å²) in [6, 6.07) is 0. The molecule has 0 aliphatic heterocycles. The molecule has 1 amide bonds. The molecule has 0 heterocycles. The van der Waals surface area contributed by atoms with Crippen molar-refractivity contribution in [3.8, 4) is 0 Å². The number of fused-ring (bicyclic) bond motifs is 7. The van der Waals surface area contributed by atoms with E-state index < -0.39 is 11.4 Å². The molecular formula is C33H53NO4. The Morgan fingerprint density at radius 2 is 1.68 bits per heavy atom. The van der Waals surface area contributed by atoms with E-state index in [0.29, 0.717) is 30.2 Å². The Morgan fingerprint density at radius 1 is 0.974 bits per heavy atom. The number of carbonyl (C=O) groups is 2. The topological polar surface area (TPSA) is 75.6 Å². The van der Waals surface area contributed by atoms with Gasteiger partial charge in [-0.1, -0.05) is 60.1 Å². The highest BCUT2D eigenvalue weighted by atomic mass is 16.6. The third-order valence-corrected chi connectivity index (χ3v) is 13.9. The second kappa shape index (κ2) is 8.99. The van der Waals surface area contributed by atoms with Gasteiger partial charge >= 0.3 is 12.1 Å². The van der Waals surface area contributed by atoms with Crippen molar-refractivity contribution in [1.29, 1.82) is 0 Å². The van der Waals surface area contributed by atoms with Crippen LogP contribution in [0.3, 0.4) is 0 Å². The van der Waals surface area contributed by atoms with Gasteiger partial charge in [-0.2, -0.15) is 0 Å². The average Bonchev–Trinajstić information content (AvgIpc) is 2.83. The smallest absolute Gasteiger partial charge is 0.407 e. The second-order valence-electron chi connectivity index (χ2n) is 15.4. The molecule has 0 saturated heterocycles. The molecule has 10 atom stereocenters. The van der Waals surface area contributed by atoms with Crippen molar-refractivity contribution >= 4 is 12.1 Å². The van der Waals surface area contributed by atoms with Gasteiger partial charge in [-0.3, -0.25) is 4.79 Å². The predicted molar refractivity (Wildman–Crippen MR) is 151 cm³/mol. The van der Waals surface area contributed by atoms with E-state index in [1.54, 1.807) is 0 Å². The molecule has 5 aliphatic carbocycles. The fourth-order valence-corrected chi connectivity index (χ4v) is 11.4. The Bertz CT molecular complexity index is 1020. The summed E-state index contributed by atoms with van der Waals surface area (Å²) in [6.45, 7) is 19.5. The van der Waals surface area contributed by atoms with Gasteiger partial charge in [0, 0.05) is 12.0 Å². The summed E-state index contributed by atoms with van der Waals surface area (Å²) in [5, 5.41) is 13.4. The van der Waals surface area contributed by atoms with Crippen LogP contribution in [-0.4, -0.2) is 29.8 Å². The molecule has 0 radical (unpaired) electrons. The molecule has 0 aromatic heterocycles. The number of nitrogens with one attached hydrogen (secondary N) is 1. The molecule has 0 bridgehead atoms. The number of rotatable bonds is 3. The van der Waals surface area contributed by atoms with Crippen LogP contribution >= 0.6 is 0 Å². The van der Waals surface area contributed by atoms with Gasteiger partial charge in [0.25, 0.3) is 0 Å². The molecule has 5 aliphatic rings. The number of hydrogen-bond donors (Lipinski definition) is 2. The van der Waals surface area contributed by atoms with Crippen LogP contribution in [0, 0.1) is 56.7 Å². The van der Waals surface area contributed by atoms with Crippen LogP contribution in [0.25, 0.3) is 0 Å². The lowest BCUT2D eigenvalue weighted by molar-refractivity contribution is -0.206. The van der Waals surface area contributed by atoms with Crippen LogP contribution in [0.5, 0.6) is 0 Å². The summed E-state index contributed by atoms with van der Waals surface area (Å²) in [4.78, 5) is 25.3. The van der Waals surface area contributed by atoms with E-state index in [1.165, 1.54) is 12.0 Å². The summed E-state index contributed by atoms with van der Waals surface area (Å²) in [5.74, 6) is 1.62. The van der Waals surface area contributed by atoms with Crippen molar-refractivity contribution in [3.05, 3.63) is 11.6 Å². The van der Waals surface area contributed by atoms with E-state index in [4.69, 9.17) is 4.74 Å². The van der Waals surface area contributed by atoms with Gasteiger partial charge < -0.3 is 15.2 Å². The standard InChI is InChI=1S/C33H53NO4/c1-9-34-28(37)38-25-14-15-30(6)23(29(25,4)5)13-16-32(8)24(30)11-10-22-26-21(3)20(2)12-17-33(26,27(35)36)19-18-31(22,32)7/h10,20-21,23-26H,9,11-19H2,1-8H3,(H,34,37)(H,35,36)/t20-,21+,23?,24?,25-,26?,30+,31-,32-,33+/m1/s1. The molecule has 5 nitrogen and oxygen atoms in total. The van der Waals surface area contributed by atoms with Crippen molar-refractivity contribution in [1.82, 2.24) is 5.32 Å². The summed E-state index contributed by atoms with van der Waals surface area (Å²) in [7, 11) is 0. The number of hydrogen-bond acceptors (Lipinski definition) is 3. The van der Waals surface area contributed by atoms with Crippen LogP contribution in [0.4, 0.5) is 4.79 Å². The van der Waals surface area contributed by atoms with Crippen molar-refractivity contribution in [2.75, 3.05) is 6.54 Å². The number of carbonyl (C=O) groups excluding carboxylic acids is 1. The van der Waals surface area contributed by atoms with E-state index in [2.05, 4.69) is 59.9 Å². The summed E-state index contributed by atoms with van der Waals surface area (Å²) < 4.78 is 6.00. The first kappa shape index (κ1) is 28.0. The normalized spacial score (nSPS) is 49.3. The predicted octanol–water partition coefficient (Wildman–Crippen LogP) is 7.84. The zero-order valence-corrected chi connectivity index (χ0v) is 25.3. The monoisotopic (exact) mass is 527 g/mol. The van der Waals surface area contributed by atoms with Crippen molar-refractivity contribution in [2.45, 2.75) is 119 Å². The minimum atomic E-state index is -0.585. The number of amides is 1. The Balaban J connectivity index is 1.52. The number of aliphatic carboxylic acids is 1. The number of carboxylic acids is 1. The first-order chi connectivity index (χ1) is 17.7. The van der Waals surface area contributed by atoms with E-state index in [0.717, 1.165) is 51.4 Å². The highest BCUT2D eigenvalue weighted by molar-refractivity contribution is 5.76. The molecule has 5 heteroatoms. The van der Waals surface area contributed by atoms with E-state index in [1.807, 2.05) is 6.92 Å². The van der Waals surface area contributed by atoms with Crippen LogP contribution in [0.15, 0.2) is 11.6 Å². The summed E-state index contributed by atoms with van der Waals surface area (Å²) in [6.07, 6.45) is 11.2.